The maximum Gasteiger partial charge on any atom is 0.240 e. The van der Waals surface area contributed by atoms with Crippen LogP contribution in [0.25, 0.3) is 0 Å². The van der Waals surface area contributed by atoms with Gasteiger partial charge < -0.3 is 4.90 Å². The molecule has 0 aromatic heterocycles. The second-order valence-corrected chi connectivity index (χ2v) is 6.89. The van der Waals surface area contributed by atoms with E-state index in [9.17, 15) is 13.2 Å². The Morgan fingerprint density at radius 1 is 1.30 bits per heavy atom. The summed E-state index contributed by atoms with van der Waals surface area (Å²) in [7, 11) is -3.54. The van der Waals surface area contributed by atoms with Gasteiger partial charge in [-0.25, -0.2) is 13.1 Å². The van der Waals surface area contributed by atoms with Crippen LogP contribution >= 0.6 is 0 Å². The Balaban J connectivity index is 1.95. The minimum absolute atomic E-state index is 0.0135. The third-order valence-corrected chi connectivity index (χ3v) is 5.08. The SMILES string of the molecule is Cc1ccc(S(=O)(=O)NCCC(=O)N2CCC2)c(C)c1. The zero-order valence-electron chi connectivity index (χ0n) is 11.8. The van der Waals surface area contributed by atoms with E-state index >= 15 is 0 Å². The van der Waals surface area contributed by atoms with Gasteiger partial charge in [0, 0.05) is 26.1 Å². The number of amides is 1. The molecule has 1 aliphatic rings. The predicted octanol–water partition coefficient (Wildman–Crippen LogP) is 1.20. The summed E-state index contributed by atoms with van der Waals surface area (Å²) in [6, 6.07) is 5.21. The second kappa shape index (κ2) is 5.93. The monoisotopic (exact) mass is 296 g/mol. The first-order valence-electron chi connectivity index (χ1n) is 6.75. The normalized spacial score (nSPS) is 15.0. The van der Waals surface area contributed by atoms with Gasteiger partial charge in [-0.05, 0) is 31.9 Å². The first-order valence-corrected chi connectivity index (χ1v) is 8.23. The number of aryl methyl sites for hydroxylation is 2. The lowest BCUT2D eigenvalue weighted by atomic mass is 10.2. The van der Waals surface area contributed by atoms with Crippen LogP contribution in [-0.4, -0.2) is 38.9 Å². The van der Waals surface area contributed by atoms with Crippen LogP contribution in [0.2, 0.25) is 0 Å². The highest BCUT2D eigenvalue weighted by Crippen LogP contribution is 2.16. The molecule has 0 atom stereocenters. The van der Waals surface area contributed by atoms with Gasteiger partial charge in [-0.3, -0.25) is 4.79 Å². The summed E-state index contributed by atoms with van der Waals surface area (Å²) in [5, 5.41) is 0. The van der Waals surface area contributed by atoms with Crippen molar-refractivity contribution in [1.29, 1.82) is 0 Å². The molecule has 110 valence electrons. The smallest absolute Gasteiger partial charge is 0.240 e. The van der Waals surface area contributed by atoms with E-state index in [-0.39, 0.29) is 23.8 Å². The van der Waals surface area contributed by atoms with Crippen molar-refractivity contribution < 1.29 is 13.2 Å². The molecule has 0 saturated carbocycles. The molecule has 1 aliphatic heterocycles. The van der Waals surface area contributed by atoms with Gasteiger partial charge in [-0.2, -0.15) is 0 Å². The topological polar surface area (TPSA) is 66.5 Å². The minimum atomic E-state index is -3.54. The van der Waals surface area contributed by atoms with Gasteiger partial charge in [0.05, 0.1) is 4.90 Å². The van der Waals surface area contributed by atoms with E-state index < -0.39 is 10.0 Å². The summed E-state index contributed by atoms with van der Waals surface area (Å²) in [6.45, 7) is 5.42. The van der Waals surface area contributed by atoms with E-state index in [1.165, 1.54) is 0 Å². The lowest BCUT2D eigenvalue weighted by Crippen LogP contribution is -2.43. The van der Waals surface area contributed by atoms with Crippen molar-refractivity contribution in [2.75, 3.05) is 19.6 Å². The van der Waals surface area contributed by atoms with E-state index in [0.717, 1.165) is 25.1 Å². The van der Waals surface area contributed by atoms with Gasteiger partial charge >= 0.3 is 0 Å². The van der Waals surface area contributed by atoms with Crippen molar-refractivity contribution in [3.63, 3.8) is 0 Å². The molecule has 1 aromatic carbocycles. The number of hydrogen-bond donors (Lipinski definition) is 1. The fourth-order valence-corrected chi connectivity index (χ4v) is 3.45. The number of carbonyl (C=O) groups excluding carboxylic acids is 1. The van der Waals surface area contributed by atoms with Crippen LogP contribution in [0.3, 0.4) is 0 Å². The van der Waals surface area contributed by atoms with E-state index in [4.69, 9.17) is 0 Å². The Hall–Kier alpha value is -1.40. The second-order valence-electron chi connectivity index (χ2n) is 5.15. The standard InChI is InChI=1S/C14H20N2O3S/c1-11-4-5-13(12(2)10-11)20(18,19)15-7-6-14(17)16-8-3-9-16/h4-5,10,15H,3,6-9H2,1-2H3. The Morgan fingerprint density at radius 3 is 2.55 bits per heavy atom. The first-order chi connectivity index (χ1) is 9.40. The zero-order valence-corrected chi connectivity index (χ0v) is 12.7. The van der Waals surface area contributed by atoms with Crippen molar-refractivity contribution >= 4 is 15.9 Å². The molecule has 5 nitrogen and oxygen atoms in total. The Labute approximate surface area is 120 Å². The molecule has 1 N–H and O–H groups in total. The molecule has 20 heavy (non-hydrogen) atoms. The summed E-state index contributed by atoms with van der Waals surface area (Å²) in [6.07, 6.45) is 1.25. The number of benzene rings is 1. The van der Waals surface area contributed by atoms with Crippen LogP contribution in [-0.2, 0) is 14.8 Å². The first kappa shape index (κ1) is 15.0. The van der Waals surface area contributed by atoms with Gasteiger partial charge in [-0.15, -0.1) is 0 Å². The molecule has 0 bridgehead atoms. The molecule has 0 spiro atoms. The number of nitrogens with one attached hydrogen (secondary N) is 1. The maximum absolute atomic E-state index is 12.2. The Morgan fingerprint density at radius 2 is 2.00 bits per heavy atom. The molecule has 0 unspecified atom stereocenters. The molecule has 1 aromatic rings. The molecule has 1 fully saturated rings. The van der Waals surface area contributed by atoms with Gasteiger partial charge in [-0.1, -0.05) is 17.7 Å². The number of hydrogen-bond acceptors (Lipinski definition) is 3. The van der Waals surface area contributed by atoms with Gasteiger partial charge in [0.25, 0.3) is 0 Å². The number of nitrogens with zero attached hydrogens (tertiary/aromatic N) is 1. The average molecular weight is 296 g/mol. The van der Waals surface area contributed by atoms with E-state index in [2.05, 4.69) is 4.72 Å². The molecule has 6 heteroatoms. The minimum Gasteiger partial charge on any atom is -0.343 e. The van der Waals surface area contributed by atoms with Crippen molar-refractivity contribution in [2.24, 2.45) is 0 Å². The zero-order chi connectivity index (χ0) is 14.8. The van der Waals surface area contributed by atoms with Crippen LogP contribution in [0.1, 0.15) is 24.0 Å². The molecule has 0 radical (unpaired) electrons. The molecular formula is C14H20N2O3S. The maximum atomic E-state index is 12.2. The lowest BCUT2D eigenvalue weighted by Gasteiger charge is -2.30. The van der Waals surface area contributed by atoms with Crippen molar-refractivity contribution in [1.82, 2.24) is 9.62 Å². The Bertz CT molecular complexity index is 607. The molecule has 1 heterocycles. The molecule has 1 amide bonds. The highest BCUT2D eigenvalue weighted by molar-refractivity contribution is 7.89. The predicted molar refractivity (Wildman–Crippen MR) is 76.9 cm³/mol. The molecular weight excluding hydrogens is 276 g/mol. The van der Waals surface area contributed by atoms with Crippen LogP contribution in [0.4, 0.5) is 0 Å². The molecule has 1 saturated heterocycles. The van der Waals surface area contributed by atoms with Crippen molar-refractivity contribution in [3.8, 4) is 0 Å². The van der Waals surface area contributed by atoms with Gasteiger partial charge in [0.2, 0.25) is 15.9 Å². The summed E-state index contributed by atoms with van der Waals surface area (Å²) in [5.41, 5.74) is 1.74. The van der Waals surface area contributed by atoms with Crippen LogP contribution in [0.15, 0.2) is 23.1 Å². The molecule has 2 rings (SSSR count). The fraction of sp³-hybridized carbons (Fsp3) is 0.500. The van der Waals surface area contributed by atoms with Crippen LogP contribution in [0, 0.1) is 13.8 Å². The van der Waals surface area contributed by atoms with E-state index in [1.807, 2.05) is 13.0 Å². The number of carbonyl (C=O) groups is 1. The number of likely N-dealkylation sites (tertiary alicyclic amines) is 1. The van der Waals surface area contributed by atoms with Crippen molar-refractivity contribution in [2.45, 2.75) is 31.6 Å². The summed E-state index contributed by atoms with van der Waals surface area (Å²) < 4.78 is 26.8. The summed E-state index contributed by atoms with van der Waals surface area (Å²) in [4.78, 5) is 13.7. The summed E-state index contributed by atoms with van der Waals surface area (Å²) >= 11 is 0. The molecule has 0 aliphatic carbocycles. The van der Waals surface area contributed by atoms with E-state index in [1.54, 1.807) is 24.0 Å². The fourth-order valence-electron chi connectivity index (χ4n) is 2.19. The third kappa shape index (κ3) is 3.37. The van der Waals surface area contributed by atoms with Crippen LogP contribution in [0.5, 0.6) is 0 Å². The highest BCUT2D eigenvalue weighted by Gasteiger charge is 2.21. The largest absolute Gasteiger partial charge is 0.343 e. The van der Waals surface area contributed by atoms with Crippen LogP contribution < -0.4 is 4.72 Å². The highest BCUT2D eigenvalue weighted by atomic mass is 32.2. The third-order valence-electron chi connectivity index (χ3n) is 3.46. The lowest BCUT2D eigenvalue weighted by molar-refractivity contribution is -0.134. The van der Waals surface area contributed by atoms with Gasteiger partial charge in [0.1, 0.15) is 0 Å². The average Bonchev–Trinajstić information content (AvgIpc) is 2.25. The van der Waals surface area contributed by atoms with Crippen molar-refractivity contribution in [3.05, 3.63) is 29.3 Å². The quantitative estimate of drug-likeness (QED) is 0.888. The number of sulfonamides is 1. The van der Waals surface area contributed by atoms with Gasteiger partial charge in [0.15, 0.2) is 0 Å². The van der Waals surface area contributed by atoms with E-state index in [0.29, 0.717) is 5.56 Å². The Kier molecular flexibility index (Phi) is 4.45. The summed E-state index contributed by atoms with van der Waals surface area (Å²) in [5.74, 6) is 0.0135. The number of rotatable bonds is 5.